The molecule has 0 bridgehead atoms. The van der Waals surface area contributed by atoms with E-state index in [9.17, 15) is 14.4 Å². The molecule has 1 heterocycles. The van der Waals surface area contributed by atoms with Gasteiger partial charge in [-0.2, -0.15) is 0 Å². The Morgan fingerprint density at radius 3 is 2.43 bits per heavy atom. The van der Waals surface area contributed by atoms with Crippen LogP contribution in [0.25, 0.3) is 0 Å². The molecule has 0 aliphatic rings. The summed E-state index contributed by atoms with van der Waals surface area (Å²) in [4.78, 5) is 42.3. The summed E-state index contributed by atoms with van der Waals surface area (Å²) >= 11 is 1.25. The maximum atomic E-state index is 12.2. The number of nitrogens with two attached hydrogens (primary N) is 1. The van der Waals surface area contributed by atoms with Gasteiger partial charge in [0.25, 0.3) is 5.91 Å². The van der Waals surface area contributed by atoms with Crippen LogP contribution in [0, 0.1) is 13.8 Å². The highest BCUT2D eigenvalue weighted by molar-refractivity contribution is 7.98. The van der Waals surface area contributed by atoms with Crippen LogP contribution in [-0.2, 0) is 9.59 Å². The molecule has 0 spiro atoms. The van der Waals surface area contributed by atoms with Crippen LogP contribution >= 0.6 is 11.8 Å². The molecule has 0 unspecified atom stereocenters. The van der Waals surface area contributed by atoms with Crippen LogP contribution in [0.3, 0.4) is 0 Å². The molecule has 1 aromatic heterocycles. The summed E-state index contributed by atoms with van der Waals surface area (Å²) in [7, 11) is 0. The van der Waals surface area contributed by atoms with Crippen LogP contribution in [0.4, 0.5) is 0 Å². The second-order valence-electron chi connectivity index (χ2n) is 4.28. The number of amides is 2. The van der Waals surface area contributed by atoms with Crippen molar-refractivity contribution in [3.05, 3.63) is 17.1 Å². The van der Waals surface area contributed by atoms with Crippen molar-refractivity contribution in [2.75, 3.05) is 6.26 Å². The Kier molecular flexibility index (Phi) is 5.65. The van der Waals surface area contributed by atoms with Gasteiger partial charge in [-0.15, -0.1) is 11.8 Å². The van der Waals surface area contributed by atoms with Gasteiger partial charge in [-0.05, 0) is 20.1 Å². The number of nitrogens with one attached hydrogen (secondary N) is 1. The van der Waals surface area contributed by atoms with Gasteiger partial charge in [-0.3, -0.25) is 9.59 Å². The molecule has 1 rings (SSSR count). The number of carbonyl (C=O) groups is 3. The summed E-state index contributed by atoms with van der Waals surface area (Å²) in [6, 6.07) is -1.38. The Morgan fingerprint density at radius 2 is 1.95 bits per heavy atom. The first-order valence-electron chi connectivity index (χ1n) is 5.97. The average Bonchev–Trinajstić information content (AvgIpc) is 2.35. The fraction of sp³-hybridized carbons (Fsp3) is 0.417. The van der Waals surface area contributed by atoms with Crippen molar-refractivity contribution < 1.29 is 19.5 Å². The minimum Gasteiger partial charge on any atom is -0.480 e. The highest BCUT2D eigenvalue weighted by atomic mass is 32.2. The van der Waals surface area contributed by atoms with E-state index in [0.29, 0.717) is 16.5 Å². The summed E-state index contributed by atoms with van der Waals surface area (Å²) < 4.78 is 0. The monoisotopic (exact) mass is 312 g/mol. The van der Waals surface area contributed by atoms with Crippen molar-refractivity contribution in [3.63, 3.8) is 0 Å². The normalized spacial score (nSPS) is 11.8. The van der Waals surface area contributed by atoms with E-state index in [0.717, 1.165) is 0 Å². The van der Waals surface area contributed by atoms with Gasteiger partial charge in [0, 0.05) is 0 Å². The van der Waals surface area contributed by atoms with Crippen molar-refractivity contribution in [1.82, 2.24) is 15.3 Å². The predicted octanol–water partition coefficient (Wildman–Crippen LogP) is -0.126. The van der Waals surface area contributed by atoms with Gasteiger partial charge < -0.3 is 16.2 Å². The molecule has 9 heteroatoms. The van der Waals surface area contributed by atoms with Crippen LogP contribution in [-0.4, -0.2) is 45.2 Å². The largest absolute Gasteiger partial charge is 0.480 e. The quantitative estimate of drug-likeness (QED) is 0.492. The van der Waals surface area contributed by atoms with Crippen LogP contribution in [0.2, 0.25) is 0 Å². The van der Waals surface area contributed by atoms with Gasteiger partial charge in [0.15, 0.2) is 0 Å². The molecule has 0 aliphatic heterocycles. The third kappa shape index (κ3) is 4.42. The Hall–Kier alpha value is -2.16. The number of aromatic nitrogens is 2. The zero-order chi connectivity index (χ0) is 16.2. The van der Waals surface area contributed by atoms with E-state index in [4.69, 9.17) is 10.8 Å². The van der Waals surface area contributed by atoms with E-state index in [1.54, 1.807) is 20.1 Å². The lowest BCUT2D eigenvalue weighted by atomic mass is 10.1. The highest BCUT2D eigenvalue weighted by Gasteiger charge is 2.25. The van der Waals surface area contributed by atoms with E-state index >= 15 is 0 Å². The van der Waals surface area contributed by atoms with Crippen molar-refractivity contribution in [2.24, 2.45) is 5.73 Å². The number of primary amides is 1. The molecule has 1 atom stereocenters. The summed E-state index contributed by atoms with van der Waals surface area (Å²) in [6.45, 7) is 3.33. The van der Waals surface area contributed by atoms with Crippen molar-refractivity contribution >= 4 is 29.5 Å². The SMILES string of the molecule is CSc1nc(C)nc(C)c1C(=O)N[C@@H](CC(N)=O)C(=O)O. The van der Waals surface area contributed by atoms with Gasteiger partial charge in [0.05, 0.1) is 17.7 Å². The van der Waals surface area contributed by atoms with E-state index in [1.165, 1.54) is 11.8 Å². The van der Waals surface area contributed by atoms with Crippen molar-refractivity contribution in [3.8, 4) is 0 Å². The average molecular weight is 312 g/mol. The minimum absolute atomic E-state index is 0.198. The van der Waals surface area contributed by atoms with Crippen LogP contribution < -0.4 is 11.1 Å². The molecule has 0 aromatic carbocycles. The molecule has 0 fully saturated rings. The minimum atomic E-state index is -1.38. The lowest BCUT2D eigenvalue weighted by molar-refractivity contribution is -0.140. The molecule has 4 N–H and O–H groups in total. The van der Waals surface area contributed by atoms with Gasteiger partial charge in [0.2, 0.25) is 5.91 Å². The van der Waals surface area contributed by atoms with Crippen molar-refractivity contribution in [1.29, 1.82) is 0 Å². The smallest absolute Gasteiger partial charge is 0.326 e. The molecule has 8 nitrogen and oxygen atoms in total. The highest BCUT2D eigenvalue weighted by Crippen LogP contribution is 2.20. The van der Waals surface area contributed by atoms with Gasteiger partial charge in [-0.1, -0.05) is 0 Å². The van der Waals surface area contributed by atoms with Crippen LogP contribution in [0.1, 0.15) is 28.3 Å². The summed E-state index contributed by atoms with van der Waals surface area (Å²) in [5, 5.41) is 11.7. The topological polar surface area (TPSA) is 135 Å². The molecule has 1 aromatic rings. The number of thioether (sulfide) groups is 1. The molecule has 0 saturated heterocycles. The van der Waals surface area contributed by atoms with E-state index in [-0.39, 0.29) is 5.56 Å². The lowest BCUT2D eigenvalue weighted by Crippen LogP contribution is -2.43. The molecule has 0 aliphatic carbocycles. The third-order valence-electron chi connectivity index (χ3n) is 2.60. The molecule has 2 amide bonds. The number of aryl methyl sites for hydroxylation is 2. The van der Waals surface area contributed by atoms with Crippen LogP contribution in [0.15, 0.2) is 5.03 Å². The Morgan fingerprint density at radius 1 is 1.33 bits per heavy atom. The Balaban J connectivity index is 3.08. The maximum Gasteiger partial charge on any atom is 0.326 e. The zero-order valence-electron chi connectivity index (χ0n) is 11.8. The number of carboxylic acids is 1. The summed E-state index contributed by atoms with van der Waals surface area (Å²) in [5.41, 5.74) is 5.60. The maximum absolute atomic E-state index is 12.2. The van der Waals surface area contributed by atoms with E-state index in [1.807, 2.05) is 0 Å². The first-order chi connectivity index (χ1) is 9.76. The standard InChI is InChI=1S/C12H16N4O4S/c1-5-9(11(21-3)15-6(2)14-5)10(18)16-7(12(19)20)4-8(13)17/h7H,4H2,1-3H3,(H2,13,17)(H,16,18)(H,19,20)/t7-/m0/s1. The number of nitrogens with zero attached hydrogens (tertiary/aromatic N) is 2. The fourth-order valence-corrected chi connectivity index (χ4v) is 2.39. The van der Waals surface area contributed by atoms with Gasteiger partial charge >= 0.3 is 5.97 Å². The number of hydrogen-bond donors (Lipinski definition) is 3. The second-order valence-corrected chi connectivity index (χ2v) is 5.07. The molecule has 0 saturated carbocycles. The number of aliphatic carboxylic acids is 1. The zero-order valence-corrected chi connectivity index (χ0v) is 12.7. The van der Waals surface area contributed by atoms with E-state index < -0.39 is 30.2 Å². The summed E-state index contributed by atoms with van der Waals surface area (Å²) in [5.74, 6) is -2.28. The third-order valence-corrected chi connectivity index (χ3v) is 3.28. The van der Waals surface area contributed by atoms with Crippen molar-refractivity contribution in [2.45, 2.75) is 31.3 Å². The molecular weight excluding hydrogens is 296 g/mol. The lowest BCUT2D eigenvalue weighted by Gasteiger charge is -2.15. The van der Waals surface area contributed by atoms with E-state index in [2.05, 4.69) is 15.3 Å². The number of carboxylic acid groups (broad SMARTS) is 1. The molecular formula is C12H16N4O4S. The Bertz CT molecular complexity index is 591. The van der Waals surface area contributed by atoms with Crippen LogP contribution in [0.5, 0.6) is 0 Å². The summed E-state index contributed by atoms with van der Waals surface area (Å²) in [6.07, 6.45) is 1.26. The van der Waals surface area contributed by atoms with Gasteiger partial charge in [-0.25, -0.2) is 14.8 Å². The van der Waals surface area contributed by atoms with Gasteiger partial charge in [0.1, 0.15) is 16.9 Å². The predicted molar refractivity (Wildman–Crippen MR) is 76.0 cm³/mol. The molecule has 21 heavy (non-hydrogen) atoms. The molecule has 114 valence electrons. The first kappa shape index (κ1) is 16.9. The first-order valence-corrected chi connectivity index (χ1v) is 7.20. The molecule has 0 radical (unpaired) electrons. The number of carbonyl (C=O) groups excluding carboxylic acids is 2. The Labute approximate surface area is 125 Å². The second kappa shape index (κ2) is 7.02. The number of hydrogen-bond acceptors (Lipinski definition) is 6. The fourth-order valence-electron chi connectivity index (χ4n) is 1.72. The number of rotatable bonds is 6.